The van der Waals surface area contributed by atoms with Gasteiger partial charge in [0.1, 0.15) is 29.5 Å². The number of ether oxygens (including phenoxy) is 2. The van der Waals surface area contributed by atoms with E-state index >= 15 is 0 Å². The SMILES string of the molecule is CCc1c(O)c(CC)c2c(c1CC)OC(CC)(COc1ccc(Cc3sc(=O)[nH]c3O)cc1)CC2. The molecule has 35 heavy (non-hydrogen) atoms. The Labute approximate surface area is 210 Å². The van der Waals surface area contributed by atoms with E-state index in [-0.39, 0.29) is 10.8 Å². The van der Waals surface area contributed by atoms with Gasteiger partial charge < -0.3 is 19.7 Å². The van der Waals surface area contributed by atoms with Crippen molar-refractivity contribution in [3.63, 3.8) is 0 Å². The van der Waals surface area contributed by atoms with E-state index in [0.717, 1.165) is 89.2 Å². The fourth-order valence-corrected chi connectivity index (χ4v) is 5.85. The van der Waals surface area contributed by atoms with Crippen LogP contribution in [0.25, 0.3) is 0 Å². The highest BCUT2D eigenvalue weighted by molar-refractivity contribution is 7.09. The van der Waals surface area contributed by atoms with E-state index in [9.17, 15) is 15.0 Å². The second kappa shape index (κ2) is 10.4. The Morgan fingerprint density at radius 2 is 1.71 bits per heavy atom. The molecule has 6 nitrogen and oxygen atoms in total. The van der Waals surface area contributed by atoms with Crippen molar-refractivity contribution in [3.05, 3.63) is 66.6 Å². The number of H-pyrrole nitrogens is 1. The summed E-state index contributed by atoms with van der Waals surface area (Å²) in [5, 5.41) is 20.7. The van der Waals surface area contributed by atoms with Crippen molar-refractivity contribution in [1.29, 1.82) is 0 Å². The Bertz CT molecular complexity index is 1220. The van der Waals surface area contributed by atoms with Gasteiger partial charge in [-0.3, -0.25) is 9.78 Å². The van der Waals surface area contributed by atoms with Crippen LogP contribution in [-0.2, 0) is 32.1 Å². The van der Waals surface area contributed by atoms with Crippen LogP contribution in [0.1, 0.15) is 73.2 Å². The zero-order chi connectivity index (χ0) is 25.2. The highest BCUT2D eigenvalue weighted by Gasteiger charge is 2.39. The van der Waals surface area contributed by atoms with Crippen LogP contribution >= 0.6 is 11.3 Å². The van der Waals surface area contributed by atoms with Gasteiger partial charge in [0.05, 0.1) is 4.88 Å². The van der Waals surface area contributed by atoms with E-state index in [4.69, 9.17) is 9.47 Å². The molecule has 3 aromatic rings. The van der Waals surface area contributed by atoms with Gasteiger partial charge in [0.2, 0.25) is 5.88 Å². The summed E-state index contributed by atoms with van der Waals surface area (Å²) in [7, 11) is 0. The highest BCUT2D eigenvalue weighted by atomic mass is 32.1. The van der Waals surface area contributed by atoms with Crippen LogP contribution in [0.3, 0.4) is 0 Å². The molecule has 2 aromatic carbocycles. The molecule has 0 saturated carbocycles. The van der Waals surface area contributed by atoms with Crippen LogP contribution in [0, 0.1) is 0 Å². The first-order valence-corrected chi connectivity index (χ1v) is 13.4. The van der Waals surface area contributed by atoms with Crippen molar-refractivity contribution in [2.75, 3.05) is 6.61 Å². The second-order valence-corrected chi connectivity index (χ2v) is 10.3. The molecule has 7 heteroatoms. The lowest BCUT2D eigenvalue weighted by Gasteiger charge is -2.40. The Balaban J connectivity index is 1.52. The number of rotatable bonds is 9. The van der Waals surface area contributed by atoms with E-state index in [1.807, 2.05) is 24.3 Å². The first kappa shape index (κ1) is 25.2. The minimum atomic E-state index is -0.425. The number of phenols is 1. The van der Waals surface area contributed by atoms with Gasteiger partial charge in [-0.15, -0.1) is 0 Å². The fraction of sp³-hybridized carbons (Fsp3) is 0.464. The molecule has 0 aliphatic carbocycles. The summed E-state index contributed by atoms with van der Waals surface area (Å²) >= 11 is 1.02. The standard InChI is InChI=1S/C28H35NO5S/c1-5-19-21(7-3)25-22(20(6-2)24(19)30)13-14-28(8-4,34-25)16-33-18-11-9-17(10-12-18)15-23-26(31)29-27(32)35-23/h9-12,30-31H,5-8,13-16H2,1-4H3,(H,29,32). The van der Waals surface area contributed by atoms with Crippen LogP contribution < -0.4 is 14.3 Å². The van der Waals surface area contributed by atoms with Crippen LogP contribution in [-0.4, -0.2) is 27.4 Å². The summed E-state index contributed by atoms with van der Waals surface area (Å²) in [6.45, 7) is 8.87. The van der Waals surface area contributed by atoms with Crippen LogP contribution in [0.4, 0.5) is 0 Å². The first-order valence-electron chi connectivity index (χ1n) is 12.5. The summed E-state index contributed by atoms with van der Waals surface area (Å²) in [4.78, 5) is 14.2. The molecular formula is C28H35NO5S. The number of aromatic nitrogens is 1. The molecular weight excluding hydrogens is 462 g/mol. The maximum Gasteiger partial charge on any atom is 0.307 e. The molecule has 2 heterocycles. The molecule has 0 saturated heterocycles. The third-order valence-corrected chi connectivity index (χ3v) is 8.06. The number of aromatic amines is 1. The number of thiazole rings is 1. The third kappa shape index (κ3) is 4.92. The molecule has 0 fully saturated rings. The van der Waals surface area contributed by atoms with Gasteiger partial charge in [0.25, 0.3) is 0 Å². The second-order valence-electron chi connectivity index (χ2n) is 9.19. The summed E-state index contributed by atoms with van der Waals surface area (Å²) in [5.41, 5.74) is 4.87. The van der Waals surface area contributed by atoms with E-state index in [1.54, 1.807) is 0 Å². The molecule has 188 valence electrons. The number of fused-ring (bicyclic) bond motifs is 1. The summed E-state index contributed by atoms with van der Waals surface area (Å²) < 4.78 is 13.0. The van der Waals surface area contributed by atoms with Crippen molar-refractivity contribution < 1.29 is 19.7 Å². The molecule has 1 aromatic heterocycles. The summed E-state index contributed by atoms with van der Waals surface area (Å²) in [6, 6.07) is 7.74. The zero-order valence-corrected chi connectivity index (χ0v) is 21.8. The topological polar surface area (TPSA) is 91.8 Å². The molecule has 0 radical (unpaired) electrons. The minimum absolute atomic E-state index is 0.0582. The largest absolute Gasteiger partial charge is 0.507 e. The average Bonchev–Trinajstić information content (AvgIpc) is 3.19. The third-order valence-electron chi connectivity index (χ3n) is 7.19. The average molecular weight is 498 g/mol. The van der Waals surface area contributed by atoms with Gasteiger partial charge >= 0.3 is 4.87 Å². The smallest absolute Gasteiger partial charge is 0.307 e. The quantitative estimate of drug-likeness (QED) is 0.354. The number of benzene rings is 2. The van der Waals surface area contributed by atoms with E-state index in [2.05, 4.69) is 32.7 Å². The predicted octanol–water partition coefficient (Wildman–Crippen LogP) is 5.68. The van der Waals surface area contributed by atoms with Crippen molar-refractivity contribution in [2.45, 2.75) is 78.2 Å². The van der Waals surface area contributed by atoms with Crippen molar-refractivity contribution >= 4 is 11.3 Å². The lowest BCUT2D eigenvalue weighted by Crippen LogP contribution is -2.45. The number of hydrogen-bond acceptors (Lipinski definition) is 6. The van der Waals surface area contributed by atoms with Gasteiger partial charge in [-0.1, -0.05) is 51.2 Å². The lowest BCUT2D eigenvalue weighted by molar-refractivity contribution is -0.00281. The molecule has 0 spiro atoms. The fourth-order valence-electron chi connectivity index (χ4n) is 5.10. The molecule has 1 unspecified atom stereocenters. The lowest BCUT2D eigenvalue weighted by atomic mass is 9.83. The molecule has 1 aliphatic heterocycles. The molecule has 1 aliphatic rings. The molecule has 3 N–H and O–H groups in total. The van der Waals surface area contributed by atoms with Crippen molar-refractivity contribution in [3.8, 4) is 23.1 Å². The van der Waals surface area contributed by atoms with E-state index in [0.29, 0.717) is 23.7 Å². The summed E-state index contributed by atoms with van der Waals surface area (Å²) in [6.07, 6.45) is 5.38. The van der Waals surface area contributed by atoms with Gasteiger partial charge in [-0.05, 0) is 56.2 Å². The van der Waals surface area contributed by atoms with Crippen LogP contribution in [0.15, 0.2) is 29.1 Å². The first-order chi connectivity index (χ1) is 16.8. The van der Waals surface area contributed by atoms with Crippen LogP contribution in [0.2, 0.25) is 0 Å². The Morgan fingerprint density at radius 1 is 1.03 bits per heavy atom. The summed E-state index contributed by atoms with van der Waals surface area (Å²) in [5.74, 6) is 2.11. The number of phenolic OH excluding ortho intramolecular Hbond substituents is 1. The maximum atomic E-state index is 11.4. The van der Waals surface area contributed by atoms with Gasteiger partial charge in [0, 0.05) is 28.7 Å². The van der Waals surface area contributed by atoms with Gasteiger partial charge in [0.15, 0.2) is 0 Å². The normalized spacial score (nSPS) is 17.1. The molecule has 0 bridgehead atoms. The number of hydrogen-bond donors (Lipinski definition) is 3. The Morgan fingerprint density at radius 3 is 2.29 bits per heavy atom. The molecule has 4 rings (SSSR count). The van der Waals surface area contributed by atoms with Gasteiger partial charge in [-0.2, -0.15) is 0 Å². The van der Waals surface area contributed by atoms with Crippen molar-refractivity contribution in [1.82, 2.24) is 4.98 Å². The molecule has 0 amide bonds. The Hall–Kier alpha value is -2.93. The van der Waals surface area contributed by atoms with Gasteiger partial charge in [-0.25, -0.2) is 0 Å². The Kier molecular flexibility index (Phi) is 7.45. The minimum Gasteiger partial charge on any atom is -0.507 e. The highest BCUT2D eigenvalue weighted by Crippen LogP contribution is 2.46. The predicted molar refractivity (Wildman–Crippen MR) is 140 cm³/mol. The van der Waals surface area contributed by atoms with Crippen molar-refractivity contribution in [2.24, 2.45) is 0 Å². The molecule has 1 atom stereocenters. The number of aromatic hydroxyl groups is 2. The monoisotopic (exact) mass is 497 g/mol. The van der Waals surface area contributed by atoms with E-state index < -0.39 is 5.60 Å². The van der Waals surface area contributed by atoms with E-state index in [1.165, 1.54) is 0 Å². The van der Waals surface area contributed by atoms with Crippen LogP contribution in [0.5, 0.6) is 23.1 Å². The number of nitrogens with one attached hydrogen (secondary N) is 1. The zero-order valence-electron chi connectivity index (χ0n) is 21.0. The maximum absolute atomic E-state index is 11.4.